The molecule has 0 atom stereocenters. The lowest BCUT2D eigenvalue weighted by Crippen LogP contribution is -2.25. The Morgan fingerprint density at radius 2 is 1.86 bits per heavy atom. The van der Waals surface area contributed by atoms with Crippen LogP contribution in [0, 0.1) is 0 Å². The number of nitrogens with zero attached hydrogens (tertiary/aromatic N) is 1. The van der Waals surface area contributed by atoms with E-state index < -0.39 is 3.79 Å². The molecule has 2 rings (SSSR count). The predicted octanol–water partition coefficient (Wildman–Crippen LogP) is 3.40. The van der Waals surface area contributed by atoms with Crippen LogP contribution in [-0.4, -0.2) is 16.0 Å². The van der Waals surface area contributed by atoms with Gasteiger partial charge in [-0.15, -0.1) is 0 Å². The molecule has 0 radical (unpaired) electrons. The Morgan fingerprint density at radius 3 is 2.57 bits per heavy atom. The van der Waals surface area contributed by atoms with Crippen LogP contribution in [0.1, 0.15) is 11.1 Å². The van der Waals surface area contributed by atoms with Crippen molar-refractivity contribution in [3.05, 3.63) is 35.4 Å². The van der Waals surface area contributed by atoms with E-state index in [0.29, 0.717) is 12.3 Å². The van der Waals surface area contributed by atoms with E-state index in [4.69, 9.17) is 34.8 Å². The van der Waals surface area contributed by atoms with Crippen LogP contribution in [0.5, 0.6) is 0 Å². The molecule has 4 heteroatoms. The summed E-state index contributed by atoms with van der Waals surface area (Å²) in [5.74, 6) is 0. The summed E-state index contributed by atoms with van der Waals surface area (Å²) in [5.41, 5.74) is 2.71. The number of hydrogen-bond acceptors (Lipinski definition) is 1. The molecular weight excluding hydrogens is 240 g/mol. The van der Waals surface area contributed by atoms with Gasteiger partial charge < -0.3 is 0 Å². The van der Waals surface area contributed by atoms with E-state index in [1.54, 1.807) is 0 Å². The molecule has 0 saturated carbocycles. The first-order chi connectivity index (χ1) is 6.59. The maximum absolute atomic E-state index is 5.84. The molecule has 1 aliphatic heterocycles. The first-order valence-electron chi connectivity index (χ1n) is 4.29. The summed E-state index contributed by atoms with van der Waals surface area (Å²) in [7, 11) is 0. The van der Waals surface area contributed by atoms with Crippen molar-refractivity contribution in [1.29, 1.82) is 0 Å². The minimum absolute atomic E-state index is 0.560. The topological polar surface area (TPSA) is 12.4 Å². The van der Waals surface area contributed by atoms with Crippen LogP contribution in [-0.2, 0) is 6.42 Å². The molecule has 0 fully saturated rings. The fourth-order valence-corrected chi connectivity index (χ4v) is 2.07. The molecule has 0 bridgehead atoms. The molecule has 0 amide bonds. The average Bonchev–Trinajstić information content (AvgIpc) is 2.15. The van der Waals surface area contributed by atoms with Gasteiger partial charge in [0.15, 0.2) is 0 Å². The number of benzene rings is 1. The van der Waals surface area contributed by atoms with Gasteiger partial charge in [0.25, 0.3) is 0 Å². The lowest BCUT2D eigenvalue weighted by atomic mass is 9.98. The Morgan fingerprint density at radius 1 is 1.14 bits per heavy atom. The van der Waals surface area contributed by atoms with Gasteiger partial charge in [-0.1, -0.05) is 59.1 Å². The number of fused-ring (bicyclic) bond motifs is 1. The van der Waals surface area contributed by atoms with E-state index in [9.17, 15) is 0 Å². The Kier molecular flexibility index (Phi) is 2.74. The first-order valence-corrected chi connectivity index (χ1v) is 5.42. The van der Waals surface area contributed by atoms with E-state index in [2.05, 4.69) is 4.99 Å². The third-order valence-corrected chi connectivity index (χ3v) is 2.73. The molecule has 0 N–H and O–H groups in total. The average molecular weight is 249 g/mol. The van der Waals surface area contributed by atoms with Crippen molar-refractivity contribution in [3.8, 4) is 0 Å². The zero-order valence-corrected chi connectivity index (χ0v) is 9.57. The minimum atomic E-state index is -1.42. The Balaban J connectivity index is 2.51. The van der Waals surface area contributed by atoms with Crippen molar-refractivity contribution < 1.29 is 0 Å². The minimum Gasteiger partial charge on any atom is -0.284 e. The zero-order chi connectivity index (χ0) is 10.2. The molecular formula is C10H8Cl3N. The molecule has 0 saturated heterocycles. The van der Waals surface area contributed by atoms with Gasteiger partial charge in [0.05, 0.1) is 5.71 Å². The normalized spacial score (nSPS) is 16.1. The Bertz CT molecular complexity index is 379. The number of rotatable bonds is 0. The van der Waals surface area contributed by atoms with Gasteiger partial charge in [0.2, 0.25) is 3.79 Å². The van der Waals surface area contributed by atoms with Crippen molar-refractivity contribution in [1.82, 2.24) is 0 Å². The summed E-state index contributed by atoms with van der Waals surface area (Å²) in [6, 6.07) is 7.89. The summed E-state index contributed by atoms with van der Waals surface area (Å²) in [6.45, 7) is 0.695. The third-order valence-electron chi connectivity index (χ3n) is 2.19. The molecule has 74 valence electrons. The molecule has 0 aliphatic carbocycles. The highest BCUT2D eigenvalue weighted by atomic mass is 35.6. The molecule has 0 unspecified atom stereocenters. The number of halogens is 3. The summed E-state index contributed by atoms with van der Waals surface area (Å²) in [6.07, 6.45) is 0.917. The highest BCUT2D eigenvalue weighted by Gasteiger charge is 2.31. The summed E-state index contributed by atoms with van der Waals surface area (Å²) < 4.78 is -1.42. The molecule has 0 aromatic heterocycles. The number of aliphatic imine (C=N–C) groups is 1. The number of hydrogen-bond donors (Lipinski definition) is 0. The smallest absolute Gasteiger partial charge is 0.232 e. The van der Waals surface area contributed by atoms with Crippen LogP contribution < -0.4 is 0 Å². The van der Waals surface area contributed by atoms with Gasteiger partial charge in [-0.3, -0.25) is 4.99 Å². The highest BCUT2D eigenvalue weighted by Crippen LogP contribution is 2.34. The van der Waals surface area contributed by atoms with E-state index in [1.807, 2.05) is 24.3 Å². The lowest BCUT2D eigenvalue weighted by Gasteiger charge is -2.21. The molecule has 14 heavy (non-hydrogen) atoms. The van der Waals surface area contributed by atoms with Gasteiger partial charge in [-0.25, -0.2) is 0 Å². The van der Waals surface area contributed by atoms with Crippen LogP contribution in [0.25, 0.3) is 0 Å². The van der Waals surface area contributed by atoms with Gasteiger partial charge >= 0.3 is 0 Å². The molecule has 1 aromatic carbocycles. The van der Waals surface area contributed by atoms with Crippen molar-refractivity contribution >= 4 is 40.5 Å². The lowest BCUT2D eigenvalue weighted by molar-refractivity contribution is 0.937. The van der Waals surface area contributed by atoms with Crippen molar-refractivity contribution in [2.75, 3.05) is 6.54 Å². The molecule has 1 nitrogen and oxygen atoms in total. The summed E-state index contributed by atoms with van der Waals surface area (Å²) >= 11 is 17.5. The van der Waals surface area contributed by atoms with Crippen molar-refractivity contribution in [3.63, 3.8) is 0 Å². The van der Waals surface area contributed by atoms with Gasteiger partial charge in [-0.05, 0) is 12.0 Å². The maximum atomic E-state index is 5.84. The largest absolute Gasteiger partial charge is 0.284 e. The Labute approximate surface area is 97.7 Å². The highest BCUT2D eigenvalue weighted by molar-refractivity contribution is 6.78. The summed E-state index contributed by atoms with van der Waals surface area (Å²) in [4.78, 5) is 4.26. The second-order valence-corrected chi connectivity index (χ2v) is 5.42. The van der Waals surface area contributed by atoms with Crippen LogP contribution in [0.3, 0.4) is 0 Å². The second kappa shape index (κ2) is 3.73. The SMILES string of the molecule is ClC(Cl)(Cl)C1=NCCc2ccccc21. The predicted molar refractivity (Wildman–Crippen MR) is 61.8 cm³/mol. The zero-order valence-electron chi connectivity index (χ0n) is 7.30. The third kappa shape index (κ3) is 1.90. The van der Waals surface area contributed by atoms with Gasteiger partial charge in [-0.2, -0.15) is 0 Å². The van der Waals surface area contributed by atoms with Crippen LogP contribution in [0.2, 0.25) is 0 Å². The molecule has 1 aliphatic rings. The molecule has 1 heterocycles. The van der Waals surface area contributed by atoms with Gasteiger partial charge in [0, 0.05) is 12.1 Å². The fourth-order valence-electron chi connectivity index (χ4n) is 1.58. The van der Waals surface area contributed by atoms with E-state index in [1.165, 1.54) is 5.56 Å². The molecule has 0 spiro atoms. The van der Waals surface area contributed by atoms with Crippen LogP contribution in [0.15, 0.2) is 29.3 Å². The van der Waals surface area contributed by atoms with Crippen LogP contribution in [0.4, 0.5) is 0 Å². The first kappa shape index (κ1) is 10.3. The number of alkyl halides is 3. The summed E-state index contributed by atoms with van der Waals surface area (Å²) in [5, 5.41) is 0. The van der Waals surface area contributed by atoms with Gasteiger partial charge in [0.1, 0.15) is 0 Å². The maximum Gasteiger partial charge on any atom is 0.232 e. The monoisotopic (exact) mass is 247 g/mol. The van der Waals surface area contributed by atoms with Crippen molar-refractivity contribution in [2.45, 2.75) is 10.2 Å². The molecule has 1 aromatic rings. The van der Waals surface area contributed by atoms with E-state index in [-0.39, 0.29) is 0 Å². The quantitative estimate of drug-likeness (QED) is 0.624. The van der Waals surface area contributed by atoms with E-state index >= 15 is 0 Å². The van der Waals surface area contributed by atoms with Crippen molar-refractivity contribution in [2.24, 2.45) is 4.99 Å². The van der Waals surface area contributed by atoms with E-state index in [0.717, 1.165) is 12.0 Å². The standard InChI is InChI=1S/C10H8Cl3N/c11-10(12,13)9-8-4-2-1-3-7(8)5-6-14-9/h1-4H,5-6H2. The van der Waals surface area contributed by atoms with Crippen LogP contribution >= 0.6 is 34.8 Å². The second-order valence-electron chi connectivity index (χ2n) is 3.14. The fraction of sp³-hybridized carbons (Fsp3) is 0.300. The Hall–Kier alpha value is -0.240.